The van der Waals surface area contributed by atoms with E-state index in [2.05, 4.69) is 55.0 Å². The summed E-state index contributed by atoms with van der Waals surface area (Å²) in [5.74, 6) is 1.82. The SMILES string of the molecule is CCCNc1ncnc(-n2nc(C)c(CC)c2C)c1CC. The summed E-state index contributed by atoms with van der Waals surface area (Å²) in [5.41, 5.74) is 4.68. The Morgan fingerprint density at radius 1 is 1.05 bits per heavy atom. The van der Waals surface area contributed by atoms with Gasteiger partial charge in [-0.05, 0) is 38.7 Å². The summed E-state index contributed by atoms with van der Waals surface area (Å²) in [6, 6.07) is 0. The maximum Gasteiger partial charge on any atom is 0.162 e. The topological polar surface area (TPSA) is 55.6 Å². The molecule has 0 aliphatic rings. The highest BCUT2D eigenvalue weighted by Gasteiger charge is 2.17. The van der Waals surface area contributed by atoms with Gasteiger partial charge < -0.3 is 5.32 Å². The average Bonchev–Trinajstić information content (AvgIpc) is 2.78. The van der Waals surface area contributed by atoms with Crippen molar-refractivity contribution < 1.29 is 0 Å². The first kappa shape index (κ1) is 15.5. The normalized spacial score (nSPS) is 10.9. The third-order valence-corrected chi connectivity index (χ3v) is 3.81. The van der Waals surface area contributed by atoms with Crippen LogP contribution in [0.15, 0.2) is 6.33 Å². The van der Waals surface area contributed by atoms with Gasteiger partial charge in [-0.1, -0.05) is 20.8 Å². The van der Waals surface area contributed by atoms with Crippen LogP contribution in [-0.4, -0.2) is 26.3 Å². The molecule has 0 aliphatic heterocycles. The summed E-state index contributed by atoms with van der Waals surface area (Å²) < 4.78 is 1.96. The fourth-order valence-corrected chi connectivity index (χ4v) is 2.70. The summed E-state index contributed by atoms with van der Waals surface area (Å²) >= 11 is 0. The zero-order valence-electron chi connectivity index (χ0n) is 13.7. The standard InChI is InChI=1S/C16H25N5/c1-6-9-17-15-14(8-3)16(19-10-18-15)21-12(5)13(7-2)11(4)20-21/h10H,6-9H2,1-5H3,(H,17,18,19). The number of nitrogens with one attached hydrogen (secondary N) is 1. The molecular weight excluding hydrogens is 262 g/mol. The lowest BCUT2D eigenvalue weighted by Gasteiger charge is -2.13. The third-order valence-electron chi connectivity index (χ3n) is 3.81. The number of aromatic nitrogens is 4. The predicted molar refractivity (Wildman–Crippen MR) is 86.2 cm³/mol. The second-order valence-corrected chi connectivity index (χ2v) is 5.22. The van der Waals surface area contributed by atoms with Gasteiger partial charge in [0.25, 0.3) is 0 Å². The monoisotopic (exact) mass is 287 g/mol. The van der Waals surface area contributed by atoms with Gasteiger partial charge in [0.15, 0.2) is 5.82 Å². The van der Waals surface area contributed by atoms with E-state index >= 15 is 0 Å². The molecule has 2 aromatic heterocycles. The van der Waals surface area contributed by atoms with Crippen LogP contribution in [0.1, 0.15) is 49.7 Å². The lowest BCUT2D eigenvalue weighted by molar-refractivity contribution is 0.782. The number of anilines is 1. The van der Waals surface area contributed by atoms with E-state index in [4.69, 9.17) is 0 Å². The quantitative estimate of drug-likeness (QED) is 0.886. The van der Waals surface area contributed by atoms with E-state index in [-0.39, 0.29) is 0 Å². The molecule has 2 rings (SSSR count). The molecule has 21 heavy (non-hydrogen) atoms. The van der Waals surface area contributed by atoms with Crippen LogP contribution < -0.4 is 5.32 Å². The minimum Gasteiger partial charge on any atom is -0.370 e. The number of hydrogen-bond acceptors (Lipinski definition) is 4. The molecule has 0 spiro atoms. The fraction of sp³-hybridized carbons (Fsp3) is 0.562. The third kappa shape index (κ3) is 2.91. The molecule has 0 fully saturated rings. The van der Waals surface area contributed by atoms with Crippen molar-refractivity contribution in [3.63, 3.8) is 0 Å². The Labute approximate surface area is 126 Å². The largest absolute Gasteiger partial charge is 0.370 e. The van der Waals surface area contributed by atoms with Crippen LogP contribution in [0.2, 0.25) is 0 Å². The van der Waals surface area contributed by atoms with Gasteiger partial charge in [-0.3, -0.25) is 0 Å². The van der Waals surface area contributed by atoms with Crippen LogP contribution in [0.5, 0.6) is 0 Å². The van der Waals surface area contributed by atoms with Crippen molar-refractivity contribution in [1.82, 2.24) is 19.7 Å². The van der Waals surface area contributed by atoms with E-state index in [0.717, 1.165) is 48.7 Å². The first-order chi connectivity index (χ1) is 10.1. The highest BCUT2D eigenvalue weighted by Crippen LogP contribution is 2.23. The summed E-state index contributed by atoms with van der Waals surface area (Å²) in [6.45, 7) is 11.5. The van der Waals surface area contributed by atoms with Crippen molar-refractivity contribution >= 4 is 5.82 Å². The lowest BCUT2D eigenvalue weighted by atomic mass is 10.1. The molecule has 114 valence electrons. The van der Waals surface area contributed by atoms with Gasteiger partial charge >= 0.3 is 0 Å². The van der Waals surface area contributed by atoms with E-state index in [0.29, 0.717) is 0 Å². The first-order valence-electron chi connectivity index (χ1n) is 7.77. The van der Waals surface area contributed by atoms with Gasteiger partial charge in [-0.2, -0.15) is 5.10 Å². The first-order valence-corrected chi connectivity index (χ1v) is 7.77. The number of rotatable bonds is 6. The highest BCUT2D eigenvalue weighted by atomic mass is 15.3. The van der Waals surface area contributed by atoms with E-state index in [1.54, 1.807) is 6.33 Å². The van der Waals surface area contributed by atoms with Crippen molar-refractivity contribution in [3.8, 4) is 5.82 Å². The second-order valence-electron chi connectivity index (χ2n) is 5.22. The van der Waals surface area contributed by atoms with Crippen molar-refractivity contribution in [1.29, 1.82) is 0 Å². The Morgan fingerprint density at radius 2 is 1.76 bits per heavy atom. The van der Waals surface area contributed by atoms with Crippen LogP contribution in [0.3, 0.4) is 0 Å². The summed E-state index contributed by atoms with van der Waals surface area (Å²) in [5, 5.41) is 8.07. The molecule has 0 saturated heterocycles. The van der Waals surface area contributed by atoms with Crippen LogP contribution in [-0.2, 0) is 12.8 Å². The van der Waals surface area contributed by atoms with E-state index in [1.807, 2.05) is 4.68 Å². The smallest absolute Gasteiger partial charge is 0.162 e. The van der Waals surface area contributed by atoms with Gasteiger partial charge in [-0.15, -0.1) is 0 Å². The van der Waals surface area contributed by atoms with Crippen LogP contribution in [0.4, 0.5) is 5.82 Å². The molecule has 0 amide bonds. The number of hydrogen-bond donors (Lipinski definition) is 1. The molecule has 0 bridgehead atoms. The van der Waals surface area contributed by atoms with Gasteiger partial charge in [0, 0.05) is 17.8 Å². The van der Waals surface area contributed by atoms with E-state index < -0.39 is 0 Å². The Bertz CT molecular complexity index is 615. The Balaban J connectivity index is 2.53. The van der Waals surface area contributed by atoms with E-state index in [9.17, 15) is 0 Å². The molecule has 0 radical (unpaired) electrons. The van der Waals surface area contributed by atoms with Crippen LogP contribution in [0.25, 0.3) is 5.82 Å². The Kier molecular flexibility index (Phi) is 4.94. The molecule has 5 nitrogen and oxygen atoms in total. The molecule has 2 aromatic rings. The molecule has 0 atom stereocenters. The molecule has 0 unspecified atom stereocenters. The zero-order chi connectivity index (χ0) is 15.4. The molecule has 0 aliphatic carbocycles. The van der Waals surface area contributed by atoms with Gasteiger partial charge in [0.2, 0.25) is 0 Å². The van der Waals surface area contributed by atoms with Crippen molar-refractivity contribution in [2.24, 2.45) is 0 Å². The van der Waals surface area contributed by atoms with E-state index in [1.165, 1.54) is 11.3 Å². The lowest BCUT2D eigenvalue weighted by Crippen LogP contribution is -2.12. The molecule has 5 heteroatoms. The van der Waals surface area contributed by atoms with Gasteiger partial charge in [0.05, 0.1) is 5.69 Å². The molecule has 2 heterocycles. The summed E-state index contributed by atoms with van der Waals surface area (Å²) in [4.78, 5) is 8.88. The Morgan fingerprint density at radius 3 is 2.33 bits per heavy atom. The molecule has 0 saturated carbocycles. The molecule has 1 N–H and O–H groups in total. The van der Waals surface area contributed by atoms with Crippen molar-refractivity contribution in [2.45, 2.75) is 53.9 Å². The number of aryl methyl sites for hydroxylation is 1. The minimum atomic E-state index is 0.877. The second kappa shape index (κ2) is 6.70. The van der Waals surface area contributed by atoms with Gasteiger partial charge in [0.1, 0.15) is 12.1 Å². The maximum absolute atomic E-state index is 4.68. The van der Waals surface area contributed by atoms with Crippen LogP contribution >= 0.6 is 0 Å². The Hall–Kier alpha value is -1.91. The summed E-state index contributed by atoms with van der Waals surface area (Å²) in [7, 11) is 0. The molecular formula is C16H25N5. The number of nitrogens with zero attached hydrogens (tertiary/aromatic N) is 4. The molecule has 0 aromatic carbocycles. The van der Waals surface area contributed by atoms with Crippen molar-refractivity contribution in [3.05, 3.63) is 28.8 Å². The fourth-order valence-electron chi connectivity index (χ4n) is 2.70. The highest BCUT2D eigenvalue weighted by molar-refractivity contribution is 5.52. The maximum atomic E-state index is 4.68. The minimum absolute atomic E-state index is 0.877. The average molecular weight is 287 g/mol. The predicted octanol–water partition coefficient (Wildman–Crippen LogP) is 3.23. The van der Waals surface area contributed by atoms with Gasteiger partial charge in [-0.25, -0.2) is 14.6 Å². The van der Waals surface area contributed by atoms with Crippen molar-refractivity contribution in [2.75, 3.05) is 11.9 Å². The summed E-state index contributed by atoms with van der Waals surface area (Å²) in [6.07, 6.45) is 4.56. The zero-order valence-corrected chi connectivity index (χ0v) is 13.7. The van der Waals surface area contributed by atoms with Crippen LogP contribution in [0, 0.1) is 13.8 Å².